The first-order chi connectivity index (χ1) is 9.76. The largest absolute Gasteiger partial charge is 0.497 e. The lowest BCUT2D eigenvalue weighted by molar-refractivity contribution is 0.414. The third kappa shape index (κ3) is 2.63. The SMILES string of the molecule is COc1cccc(-n2cc(N3CCC(N)CC3)cn2)c1. The zero-order valence-electron chi connectivity index (χ0n) is 11.7. The number of hydrogen-bond acceptors (Lipinski definition) is 4. The highest BCUT2D eigenvalue weighted by Crippen LogP contribution is 2.21. The van der Waals surface area contributed by atoms with Crippen molar-refractivity contribution >= 4 is 5.69 Å². The summed E-state index contributed by atoms with van der Waals surface area (Å²) in [6, 6.07) is 8.24. The Labute approximate surface area is 118 Å². The lowest BCUT2D eigenvalue weighted by Gasteiger charge is -2.30. The first-order valence-corrected chi connectivity index (χ1v) is 6.96. The monoisotopic (exact) mass is 272 g/mol. The predicted molar refractivity (Wildman–Crippen MR) is 79.5 cm³/mol. The minimum absolute atomic E-state index is 0.347. The Kier molecular flexibility index (Phi) is 3.60. The second kappa shape index (κ2) is 5.54. The third-order valence-corrected chi connectivity index (χ3v) is 3.79. The molecule has 2 heterocycles. The van der Waals surface area contributed by atoms with Crippen LogP contribution in [0.5, 0.6) is 5.75 Å². The number of nitrogens with zero attached hydrogens (tertiary/aromatic N) is 3. The standard InChI is InChI=1S/C15H20N4O/c1-20-15-4-2-3-13(9-15)19-11-14(10-17-19)18-7-5-12(16)6-8-18/h2-4,9-12H,5-8,16H2,1H3. The summed E-state index contributed by atoms with van der Waals surface area (Å²) < 4.78 is 7.13. The summed E-state index contributed by atoms with van der Waals surface area (Å²) in [7, 11) is 1.67. The van der Waals surface area contributed by atoms with Crippen LogP contribution >= 0.6 is 0 Å². The van der Waals surface area contributed by atoms with Crippen LogP contribution in [0.25, 0.3) is 5.69 Å². The van der Waals surface area contributed by atoms with Crippen LogP contribution in [0.4, 0.5) is 5.69 Å². The molecule has 1 saturated heterocycles. The molecular formula is C15H20N4O. The number of nitrogens with two attached hydrogens (primary N) is 1. The van der Waals surface area contributed by atoms with Crippen LogP contribution in [0, 0.1) is 0 Å². The molecule has 0 spiro atoms. The Morgan fingerprint density at radius 3 is 2.80 bits per heavy atom. The van der Waals surface area contributed by atoms with Gasteiger partial charge in [-0.3, -0.25) is 0 Å². The van der Waals surface area contributed by atoms with Gasteiger partial charge in [0.05, 0.1) is 30.9 Å². The molecule has 2 N–H and O–H groups in total. The lowest BCUT2D eigenvalue weighted by atomic mass is 10.1. The Morgan fingerprint density at radius 1 is 1.25 bits per heavy atom. The minimum atomic E-state index is 0.347. The van der Waals surface area contributed by atoms with Crippen molar-refractivity contribution in [3.8, 4) is 11.4 Å². The van der Waals surface area contributed by atoms with Crippen LogP contribution in [0.2, 0.25) is 0 Å². The van der Waals surface area contributed by atoms with Crippen molar-refractivity contribution in [1.29, 1.82) is 0 Å². The first kappa shape index (κ1) is 13.0. The third-order valence-electron chi connectivity index (χ3n) is 3.79. The van der Waals surface area contributed by atoms with Crippen LogP contribution in [-0.4, -0.2) is 36.0 Å². The number of ether oxygens (including phenoxy) is 1. The zero-order valence-corrected chi connectivity index (χ0v) is 11.7. The second-order valence-corrected chi connectivity index (χ2v) is 5.17. The van der Waals surface area contributed by atoms with E-state index >= 15 is 0 Å². The van der Waals surface area contributed by atoms with Crippen LogP contribution in [0.1, 0.15) is 12.8 Å². The van der Waals surface area contributed by atoms with Crippen molar-refractivity contribution in [1.82, 2.24) is 9.78 Å². The number of hydrogen-bond donors (Lipinski definition) is 1. The van der Waals surface area contributed by atoms with Gasteiger partial charge in [0, 0.05) is 25.2 Å². The Bertz CT molecular complexity index is 573. The molecule has 0 radical (unpaired) electrons. The average molecular weight is 272 g/mol. The Balaban J connectivity index is 1.79. The fourth-order valence-electron chi connectivity index (χ4n) is 2.53. The number of methoxy groups -OCH3 is 1. The average Bonchev–Trinajstić information content (AvgIpc) is 2.98. The number of aromatic nitrogens is 2. The summed E-state index contributed by atoms with van der Waals surface area (Å²) in [6.45, 7) is 2.01. The van der Waals surface area contributed by atoms with Gasteiger partial charge in [-0.15, -0.1) is 0 Å². The van der Waals surface area contributed by atoms with Crippen LogP contribution in [0.15, 0.2) is 36.7 Å². The number of piperidine rings is 1. The molecule has 106 valence electrons. The van der Waals surface area contributed by atoms with Crippen molar-refractivity contribution in [3.05, 3.63) is 36.7 Å². The minimum Gasteiger partial charge on any atom is -0.497 e. The van der Waals surface area contributed by atoms with Gasteiger partial charge in [0.25, 0.3) is 0 Å². The van der Waals surface area contributed by atoms with Gasteiger partial charge in [-0.1, -0.05) is 6.07 Å². The fourth-order valence-corrected chi connectivity index (χ4v) is 2.53. The molecule has 0 aliphatic carbocycles. The zero-order chi connectivity index (χ0) is 13.9. The fraction of sp³-hybridized carbons (Fsp3) is 0.400. The molecule has 1 fully saturated rings. The van der Waals surface area contributed by atoms with Crippen molar-refractivity contribution in [2.75, 3.05) is 25.1 Å². The molecule has 0 unspecified atom stereocenters. The van der Waals surface area contributed by atoms with Crippen LogP contribution in [0.3, 0.4) is 0 Å². The molecular weight excluding hydrogens is 252 g/mol. The molecule has 5 nitrogen and oxygen atoms in total. The molecule has 0 amide bonds. The van der Waals surface area contributed by atoms with E-state index in [2.05, 4.69) is 16.2 Å². The highest BCUT2D eigenvalue weighted by atomic mass is 16.5. The molecule has 5 heteroatoms. The van der Waals surface area contributed by atoms with E-state index in [1.807, 2.05) is 35.1 Å². The highest BCUT2D eigenvalue weighted by Gasteiger charge is 2.17. The molecule has 1 aromatic carbocycles. The molecule has 2 aromatic rings. The summed E-state index contributed by atoms with van der Waals surface area (Å²) in [6.07, 6.45) is 6.07. The normalized spacial score (nSPS) is 16.4. The molecule has 20 heavy (non-hydrogen) atoms. The van der Waals surface area contributed by atoms with E-state index in [9.17, 15) is 0 Å². The summed E-state index contributed by atoms with van der Waals surface area (Å²) in [5.74, 6) is 0.837. The van der Waals surface area contributed by atoms with Crippen LogP contribution in [-0.2, 0) is 0 Å². The van der Waals surface area contributed by atoms with Gasteiger partial charge in [-0.25, -0.2) is 4.68 Å². The van der Waals surface area contributed by atoms with E-state index in [1.165, 1.54) is 0 Å². The molecule has 3 rings (SSSR count). The van der Waals surface area contributed by atoms with Gasteiger partial charge < -0.3 is 15.4 Å². The highest BCUT2D eigenvalue weighted by molar-refractivity contribution is 5.47. The molecule has 1 aliphatic rings. The van der Waals surface area contributed by atoms with Gasteiger partial charge >= 0.3 is 0 Å². The summed E-state index contributed by atoms with van der Waals surface area (Å²) in [5, 5.41) is 4.44. The van der Waals surface area contributed by atoms with Crippen molar-refractivity contribution in [3.63, 3.8) is 0 Å². The number of rotatable bonds is 3. The molecule has 1 aliphatic heterocycles. The molecule has 0 saturated carbocycles. The van der Waals surface area contributed by atoms with E-state index in [1.54, 1.807) is 7.11 Å². The van der Waals surface area contributed by atoms with Gasteiger partial charge in [-0.2, -0.15) is 5.10 Å². The lowest BCUT2D eigenvalue weighted by Crippen LogP contribution is -2.39. The van der Waals surface area contributed by atoms with Gasteiger partial charge in [0.1, 0.15) is 5.75 Å². The Hall–Kier alpha value is -2.01. The maximum absolute atomic E-state index is 5.94. The summed E-state index contributed by atoms with van der Waals surface area (Å²) in [4.78, 5) is 2.34. The summed E-state index contributed by atoms with van der Waals surface area (Å²) >= 11 is 0. The van der Waals surface area contributed by atoms with Crippen molar-refractivity contribution in [2.24, 2.45) is 5.73 Å². The van der Waals surface area contributed by atoms with Gasteiger partial charge in [-0.05, 0) is 25.0 Å². The van der Waals surface area contributed by atoms with E-state index in [-0.39, 0.29) is 0 Å². The maximum Gasteiger partial charge on any atom is 0.121 e. The molecule has 1 aromatic heterocycles. The Morgan fingerprint density at radius 2 is 2.05 bits per heavy atom. The smallest absolute Gasteiger partial charge is 0.121 e. The van der Waals surface area contributed by atoms with E-state index in [4.69, 9.17) is 10.5 Å². The first-order valence-electron chi connectivity index (χ1n) is 6.96. The maximum atomic E-state index is 5.94. The van der Waals surface area contributed by atoms with Crippen LogP contribution < -0.4 is 15.4 Å². The predicted octanol–water partition coefficient (Wildman–Crippen LogP) is 1.81. The number of anilines is 1. The molecule has 0 atom stereocenters. The second-order valence-electron chi connectivity index (χ2n) is 5.17. The van der Waals surface area contributed by atoms with Crippen molar-refractivity contribution in [2.45, 2.75) is 18.9 Å². The quantitative estimate of drug-likeness (QED) is 0.926. The van der Waals surface area contributed by atoms with Crippen molar-refractivity contribution < 1.29 is 4.74 Å². The topological polar surface area (TPSA) is 56.3 Å². The van der Waals surface area contributed by atoms with Gasteiger partial charge in [0.2, 0.25) is 0 Å². The summed E-state index contributed by atoms with van der Waals surface area (Å²) in [5.41, 5.74) is 8.10. The van der Waals surface area contributed by atoms with E-state index in [0.717, 1.165) is 43.1 Å². The number of benzene rings is 1. The van der Waals surface area contributed by atoms with Gasteiger partial charge in [0.15, 0.2) is 0 Å². The van der Waals surface area contributed by atoms with E-state index in [0.29, 0.717) is 6.04 Å². The molecule has 0 bridgehead atoms. The van der Waals surface area contributed by atoms with E-state index < -0.39 is 0 Å².